The van der Waals surface area contributed by atoms with Crippen molar-refractivity contribution in [3.63, 3.8) is 0 Å². The van der Waals surface area contributed by atoms with Crippen molar-refractivity contribution in [2.45, 2.75) is 45.8 Å². The highest BCUT2D eigenvalue weighted by molar-refractivity contribution is 5.68. The number of likely N-dealkylation sites (tertiary alicyclic amines) is 1. The molecule has 1 saturated heterocycles. The van der Waals surface area contributed by atoms with E-state index in [9.17, 15) is 4.79 Å². The second kappa shape index (κ2) is 9.52. The van der Waals surface area contributed by atoms with Crippen molar-refractivity contribution in [2.75, 3.05) is 13.1 Å². The standard InChI is InChI=1S/C25H29NO3/c1-25(2,3)29-24(27)26-17-15-21(16-18-26)10-9-20-11-13-23(14-12-20)28-19-22-7-5-4-6-8-22/h4-8,11-14,21H,15-19H2,1-3H3. The summed E-state index contributed by atoms with van der Waals surface area (Å²) in [4.78, 5) is 13.9. The maximum atomic E-state index is 12.1. The molecule has 0 aromatic heterocycles. The summed E-state index contributed by atoms with van der Waals surface area (Å²) >= 11 is 0. The van der Waals surface area contributed by atoms with Crippen LogP contribution < -0.4 is 4.74 Å². The fourth-order valence-electron chi connectivity index (χ4n) is 3.09. The number of amides is 1. The molecule has 0 saturated carbocycles. The summed E-state index contributed by atoms with van der Waals surface area (Å²) in [6, 6.07) is 18.0. The summed E-state index contributed by atoms with van der Waals surface area (Å²) < 4.78 is 11.3. The number of piperidine rings is 1. The van der Waals surface area contributed by atoms with Gasteiger partial charge in [-0.3, -0.25) is 0 Å². The molecule has 0 spiro atoms. The molecule has 1 amide bonds. The van der Waals surface area contributed by atoms with Gasteiger partial charge in [-0.2, -0.15) is 0 Å². The molecule has 0 N–H and O–H groups in total. The zero-order valence-electron chi connectivity index (χ0n) is 17.5. The number of carbonyl (C=O) groups excluding carboxylic acids is 1. The minimum Gasteiger partial charge on any atom is -0.489 e. The van der Waals surface area contributed by atoms with Crippen LogP contribution in [-0.2, 0) is 11.3 Å². The smallest absolute Gasteiger partial charge is 0.410 e. The fraction of sp³-hybridized carbons (Fsp3) is 0.400. The lowest BCUT2D eigenvalue weighted by Gasteiger charge is -2.31. The Morgan fingerprint density at radius 2 is 1.69 bits per heavy atom. The lowest BCUT2D eigenvalue weighted by atomic mass is 9.97. The van der Waals surface area contributed by atoms with Crippen molar-refractivity contribution in [3.05, 3.63) is 65.7 Å². The summed E-state index contributed by atoms with van der Waals surface area (Å²) in [6.45, 7) is 7.62. The number of hydrogen-bond donors (Lipinski definition) is 0. The van der Waals surface area contributed by atoms with Gasteiger partial charge in [-0.1, -0.05) is 42.2 Å². The van der Waals surface area contributed by atoms with Gasteiger partial charge in [0, 0.05) is 24.6 Å². The van der Waals surface area contributed by atoms with E-state index in [1.807, 2.05) is 75.4 Å². The van der Waals surface area contributed by atoms with Crippen LogP contribution in [0, 0.1) is 17.8 Å². The molecule has 4 heteroatoms. The Hall–Kier alpha value is -2.93. The minimum absolute atomic E-state index is 0.227. The van der Waals surface area contributed by atoms with Crippen LogP contribution in [0.1, 0.15) is 44.7 Å². The van der Waals surface area contributed by atoms with Gasteiger partial charge in [0.15, 0.2) is 0 Å². The van der Waals surface area contributed by atoms with E-state index in [0.29, 0.717) is 25.6 Å². The van der Waals surface area contributed by atoms with Crippen LogP contribution in [-0.4, -0.2) is 29.7 Å². The van der Waals surface area contributed by atoms with E-state index in [2.05, 4.69) is 11.8 Å². The van der Waals surface area contributed by atoms with E-state index in [1.54, 1.807) is 4.90 Å². The van der Waals surface area contributed by atoms with Gasteiger partial charge in [-0.15, -0.1) is 0 Å². The van der Waals surface area contributed by atoms with Crippen LogP contribution in [0.5, 0.6) is 5.75 Å². The number of ether oxygens (including phenoxy) is 2. The number of carbonyl (C=O) groups is 1. The third-order valence-corrected chi connectivity index (χ3v) is 4.67. The van der Waals surface area contributed by atoms with Crippen LogP contribution in [0.2, 0.25) is 0 Å². The summed E-state index contributed by atoms with van der Waals surface area (Å²) in [5.41, 5.74) is 1.67. The highest BCUT2D eigenvalue weighted by Crippen LogP contribution is 2.20. The highest BCUT2D eigenvalue weighted by atomic mass is 16.6. The number of rotatable bonds is 3. The molecule has 0 aliphatic carbocycles. The largest absolute Gasteiger partial charge is 0.489 e. The first-order valence-corrected chi connectivity index (χ1v) is 10.2. The van der Waals surface area contributed by atoms with E-state index in [1.165, 1.54) is 0 Å². The molecule has 2 aromatic rings. The van der Waals surface area contributed by atoms with Crippen molar-refractivity contribution in [2.24, 2.45) is 5.92 Å². The van der Waals surface area contributed by atoms with Gasteiger partial charge in [0.25, 0.3) is 0 Å². The van der Waals surface area contributed by atoms with Gasteiger partial charge in [0.2, 0.25) is 0 Å². The molecule has 0 radical (unpaired) electrons. The van der Waals surface area contributed by atoms with Crippen LogP contribution in [0.25, 0.3) is 0 Å². The third kappa shape index (κ3) is 6.87. The van der Waals surface area contributed by atoms with Gasteiger partial charge in [0.1, 0.15) is 18.0 Å². The van der Waals surface area contributed by atoms with Gasteiger partial charge < -0.3 is 14.4 Å². The summed E-state index contributed by atoms with van der Waals surface area (Å²) in [6.07, 6.45) is 1.53. The molecule has 4 nitrogen and oxygen atoms in total. The molecule has 1 fully saturated rings. The van der Waals surface area contributed by atoms with E-state index in [-0.39, 0.29) is 6.09 Å². The topological polar surface area (TPSA) is 38.8 Å². The van der Waals surface area contributed by atoms with Crippen LogP contribution >= 0.6 is 0 Å². The lowest BCUT2D eigenvalue weighted by molar-refractivity contribution is 0.0199. The second-order valence-corrected chi connectivity index (χ2v) is 8.31. The SMILES string of the molecule is CC(C)(C)OC(=O)N1CCC(C#Cc2ccc(OCc3ccccc3)cc2)CC1. The minimum atomic E-state index is -0.454. The summed E-state index contributed by atoms with van der Waals surface area (Å²) in [5.74, 6) is 7.76. The Morgan fingerprint density at radius 1 is 1.03 bits per heavy atom. The first kappa shape index (κ1) is 20.8. The first-order chi connectivity index (χ1) is 13.9. The summed E-state index contributed by atoms with van der Waals surface area (Å²) in [5, 5.41) is 0. The zero-order valence-corrected chi connectivity index (χ0v) is 17.5. The van der Waals surface area contributed by atoms with Crippen molar-refractivity contribution in [1.82, 2.24) is 4.90 Å². The van der Waals surface area contributed by atoms with Gasteiger partial charge in [0.05, 0.1) is 0 Å². The first-order valence-electron chi connectivity index (χ1n) is 10.2. The van der Waals surface area contributed by atoms with Crippen molar-refractivity contribution < 1.29 is 14.3 Å². The predicted molar refractivity (Wildman–Crippen MR) is 115 cm³/mol. The normalized spacial score (nSPS) is 14.7. The highest BCUT2D eigenvalue weighted by Gasteiger charge is 2.26. The molecule has 1 aliphatic heterocycles. The van der Waals surface area contributed by atoms with Gasteiger partial charge in [-0.05, 0) is 63.4 Å². The Kier molecular flexibility index (Phi) is 6.82. The molecule has 0 atom stereocenters. The molecule has 0 unspecified atom stereocenters. The quantitative estimate of drug-likeness (QED) is 0.670. The maximum absolute atomic E-state index is 12.1. The third-order valence-electron chi connectivity index (χ3n) is 4.67. The fourth-order valence-corrected chi connectivity index (χ4v) is 3.09. The Balaban J connectivity index is 1.46. The monoisotopic (exact) mass is 391 g/mol. The molecular formula is C25H29NO3. The van der Waals surface area contributed by atoms with Gasteiger partial charge in [-0.25, -0.2) is 4.79 Å². The van der Waals surface area contributed by atoms with E-state index in [0.717, 1.165) is 29.7 Å². The lowest BCUT2D eigenvalue weighted by Crippen LogP contribution is -2.41. The number of hydrogen-bond acceptors (Lipinski definition) is 3. The Bertz CT molecular complexity index is 849. The second-order valence-electron chi connectivity index (χ2n) is 8.31. The van der Waals surface area contributed by atoms with E-state index < -0.39 is 5.60 Å². The molecule has 1 heterocycles. The molecule has 1 aliphatic rings. The van der Waals surface area contributed by atoms with Crippen LogP contribution in [0.15, 0.2) is 54.6 Å². The van der Waals surface area contributed by atoms with Crippen molar-refractivity contribution >= 4 is 6.09 Å². The zero-order chi connectivity index (χ0) is 20.7. The number of nitrogens with zero attached hydrogens (tertiary/aromatic N) is 1. The van der Waals surface area contributed by atoms with E-state index in [4.69, 9.17) is 9.47 Å². The van der Waals surface area contributed by atoms with E-state index >= 15 is 0 Å². The van der Waals surface area contributed by atoms with Gasteiger partial charge >= 0.3 is 6.09 Å². The Morgan fingerprint density at radius 3 is 2.31 bits per heavy atom. The maximum Gasteiger partial charge on any atom is 0.410 e. The molecule has 2 aromatic carbocycles. The van der Waals surface area contributed by atoms with Crippen molar-refractivity contribution in [1.29, 1.82) is 0 Å². The molecule has 152 valence electrons. The molecule has 29 heavy (non-hydrogen) atoms. The molecule has 0 bridgehead atoms. The summed E-state index contributed by atoms with van der Waals surface area (Å²) in [7, 11) is 0. The predicted octanol–water partition coefficient (Wildman–Crippen LogP) is 5.26. The van der Waals surface area contributed by atoms with Crippen LogP contribution in [0.3, 0.4) is 0 Å². The molecular weight excluding hydrogens is 362 g/mol. The molecule has 3 rings (SSSR count). The average Bonchev–Trinajstić information content (AvgIpc) is 2.71. The number of benzene rings is 2. The van der Waals surface area contributed by atoms with Crippen LogP contribution in [0.4, 0.5) is 4.79 Å². The Labute approximate surface area is 173 Å². The average molecular weight is 392 g/mol. The van der Waals surface area contributed by atoms with Crippen molar-refractivity contribution in [3.8, 4) is 17.6 Å².